The van der Waals surface area contributed by atoms with Crippen LogP contribution in [0.5, 0.6) is 5.75 Å². The molecule has 2 rings (SSSR count). The standard InChI is InChI=1S/C18H17ClO2/c1-14-11-15(5-2-3-10-20)8-9-18(14)21-13-16-6-4-7-17(19)12-16/h4,6-9,11-12,20H,3,10,13H2,1H3. The fourth-order valence-electron chi connectivity index (χ4n) is 1.90. The summed E-state index contributed by atoms with van der Waals surface area (Å²) >= 11 is 5.95. The maximum atomic E-state index is 8.71. The number of aliphatic hydroxyl groups excluding tert-OH is 1. The van der Waals surface area contributed by atoms with Crippen LogP contribution in [0.4, 0.5) is 0 Å². The normalized spacial score (nSPS) is 9.86. The van der Waals surface area contributed by atoms with Crippen LogP contribution in [0.25, 0.3) is 0 Å². The fraction of sp³-hybridized carbons (Fsp3) is 0.222. The van der Waals surface area contributed by atoms with Crippen LogP contribution in [-0.4, -0.2) is 11.7 Å². The van der Waals surface area contributed by atoms with Gasteiger partial charge >= 0.3 is 0 Å². The Balaban J connectivity index is 2.03. The van der Waals surface area contributed by atoms with Gasteiger partial charge in [0.15, 0.2) is 0 Å². The predicted octanol–water partition coefficient (Wildman–Crippen LogP) is 3.96. The molecule has 21 heavy (non-hydrogen) atoms. The molecule has 0 unspecified atom stereocenters. The van der Waals surface area contributed by atoms with E-state index >= 15 is 0 Å². The van der Waals surface area contributed by atoms with Gasteiger partial charge in [-0.25, -0.2) is 0 Å². The molecule has 0 fully saturated rings. The molecule has 0 saturated heterocycles. The monoisotopic (exact) mass is 300 g/mol. The minimum atomic E-state index is 0.0901. The molecule has 0 amide bonds. The van der Waals surface area contributed by atoms with Crippen LogP contribution in [0.2, 0.25) is 5.02 Å². The van der Waals surface area contributed by atoms with E-state index in [2.05, 4.69) is 11.8 Å². The van der Waals surface area contributed by atoms with Gasteiger partial charge < -0.3 is 9.84 Å². The van der Waals surface area contributed by atoms with Crippen LogP contribution in [0.3, 0.4) is 0 Å². The van der Waals surface area contributed by atoms with Crippen molar-refractivity contribution in [3.8, 4) is 17.6 Å². The quantitative estimate of drug-likeness (QED) is 0.866. The number of benzene rings is 2. The van der Waals surface area contributed by atoms with Gasteiger partial charge in [-0.3, -0.25) is 0 Å². The van der Waals surface area contributed by atoms with E-state index in [1.807, 2.05) is 49.4 Å². The minimum absolute atomic E-state index is 0.0901. The first-order chi connectivity index (χ1) is 10.2. The number of aryl methyl sites for hydroxylation is 1. The van der Waals surface area contributed by atoms with E-state index in [9.17, 15) is 0 Å². The van der Waals surface area contributed by atoms with Gasteiger partial charge in [-0.1, -0.05) is 35.6 Å². The highest BCUT2D eigenvalue weighted by atomic mass is 35.5. The van der Waals surface area contributed by atoms with Crippen molar-refractivity contribution in [3.63, 3.8) is 0 Å². The van der Waals surface area contributed by atoms with Gasteiger partial charge in [-0.05, 0) is 48.4 Å². The third-order valence-corrected chi connectivity index (χ3v) is 3.16. The maximum absolute atomic E-state index is 8.71. The molecule has 0 heterocycles. The first kappa shape index (κ1) is 15.4. The molecule has 1 N–H and O–H groups in total. The summed E-state index contributed by atoms with van der Waals surface area (Å²) in [5.41, 5.74) is 3.00. The van der Waals surface area contributed by atoms with E-state index in [1.54, 1.807) is 0 Å². The molecule has 0 atom stereocenters. The Morgan fingerprint density at radius 3 is 2.76 bits per heavy atom. The molecule has 2 nitrogen and oxygen atoms in total. The van der Waals surface area contributed by atoms with Gasteiger partial charge in [-0.2, -0.15) is 0 Å². The summed E-state index contributed by atoms with van der Waals surface area (Å²) < 4.78 is 5.81. The Morgan fingerprint density at radius 1 is 1.19 bits per heavy atom. The summed E-state index contributed by atoms with van der Waals surface area (Å²) in [6.07, 6.45) is 0.492. The van der Waals surface area contributed by atoms with Crippen LogP contribution >= 0.6 is 11.6 Å². The van der Waals surface area contributed by atoms with Crippen LogP contribution in [-0.2, 0) is 6.61 Å². The molecule has 2 aromatic carbocycles. The summed E-state index contributed by atoms with van der Waals surface area (Å²) in [4.78, 5) is 0. The van der Waals surface area contributed by atoms with Gasteiger partial charge in [0.25, 0.3) is 0 Å². The molecule has 3 heteroatoms. The second-order valence-corrected chi connectivity index (χ2v) is 5.11. The van der Waals surface area contributed by atoms with Crippen LogP contribution < -0.4 is 4.74 Å². The van der Waals surface area contributed by atoms with Crippen molar-refractivity contribution in [2.24, 2.45) is 0 Å². The van der Waals surface area contributed by atoms with Crippen molar-refractivity contribution >= 4 is 11.6 Å². The Bertz CT molecular complexity index is 668. The van der Waals surface area contributed by atoms with Crippen molar-refractivity contribution < 1.29 is 9.84 Å². The van der Waals surface area contributed by atoms with E-state index in [1.165, 1.54) is 0 Å². The summed E-state index contributed by atoms with van der Waals surface area (Å²) in [5.74, 6) is 6.75. The van der Waals surface area contributed by atoms with Gasteiger partial charge in [0.1, 0.15) is 12.4 Å². The summed E-state index contributed by atoms with van der Waals surface area (Å²) in [6, 6.07) is 13.5. The highest BCUT2D eigenvalue weighted by Crippen LogP contribution is 2.21. The van der Waals surface area contributed by atoms with Crippen LogP contribution in [0.15, 0.2) is 42.5 Å². The minimum Gasteiger partial charge on any atom is -0.489 e. The van der Waals surface area contributed by atoms with E-state index in [0.717, 1.165) is 22.4 Å². The molecule has 0 radical (unpaired) electrons. The van der Waals surface area contributed by atoms with Crippen molar-refractivity contribution in [2.75, 3.05) is 6.61 Å². The zero-order chi connectivity index (χ0) is 15.1. The zero-order valence-electron chi connectivity index (χ0n) is 11.9. The van der Waals surface area contributed by atoms with Gasteiger partial charge in [0, 0.05) is 17.0 Å². The number of halogens is 1. The van der Waals surface area contributed by atoms with E-state index < -0.39 is 0 Å². The van der Waals surface area contributed by atoms with Crippen molar-refractivity contribution in [2.45, 2.75) is 20.0 Å². The highest BCUT2D eigenvalue weighted by Gasteiger charge is 2.01. The van der Waals surface area contributed by atoms with Crippen molar-refractivity contribution in [1.82, 2.24) is 0 Å². The second kappa shape index (κ2) is 7.73. The van der Waals surface area contributed by atoms with Gasteiger partial charge in [0.05, 0.1) is 6.61 Å². The largest absolute Gasteiger partial charge is 0.489 e. The average molecular weight is 301 g/mol. The smallest absolute Gasteiger partial charge is 0.122 e. The SMILES string of the molecule is Cc1cc(C#CCCO)ccc1OCc1cccc(Cl)c1. The lowest BCUT2D eigenvalue weighted by Crippen LogP contribution is -1.97. The highest BCUT2D eigenvalue weighted by molar-refractivity contribution is 6.30. The molecule has 0 aliphatic carbocycles. The van der Waals surface area contributed by atoms with Crippen molar-refractivity contribution in [1.29, 1.82) is 0 Å². The third kappa shape index (κ3) is 4.82. The second-order valence-electron chi connectivity index (χ2n) is 4.67. The third-order valence-electron chi connectivity index (χ3n) is 2.93. The van der Waals surface area contributed by atoms with Crippen LogP contribution in [0, 0.1) is 18.8 Å². The topological polar surface area (TPSA) is 29.5 Å². The Morgan fingerprint density at radius 2 is 2.05 bits per heavy atom. The molecule has 0 bridgehead atoms. The average Bonchev–Trinajstić information content (AvgIpc) is 2.47. The predicted molar refractivity (Wildman–Crippen MR) is 85.5 cm³/mol. The lowest BCUT2D eigenvalue weighted by atomic mass is 10.1. The van der Waals surface area contributed by atoms with Crippen LogP contribution in [0.1, 0.15) is 23.1 Å². The molecule has 2 aromatic rings. The number of ether oxygens (including phenoxy) is 1. The molecular formula is C18H17ClO2. The summed E-state index contributed by atoms with van der Waals surface area (Å²) in [7, 11) is 0. The molecule has 0 aliphatic rings. The molecule has 0 aromatic heterocycles. The Kier molecular flexibility index (Phi) is 5.68. The lowest BCUT2D eigenvalue weighted by molar-refractivity contribution is 0.304. The number of rotatable bonds is 4. The molecule has 0 spiro atoms. The maximum Gasteiger partial charge on any atom is 0.122 e. The zero-order valence-corrected chi connectivity index (χ0v) is 12.7. The summed E-state index contributed by atoms with van der Waals surface area (Å²) in [5, 5.41) is 9.42. The van der Waals surface area contributed by atoms with E-state index in [4.69, 9.17) is 21.4 Å². The van der Waals surface area contributed by atoms with E-state index in [-0.39, 0.29) is 6.61 Å². The molecule has 0 saturated carbocycles. The molecular weight excluding hydrogens is 284 g/mol. The summed E-state index contributed by atoms with van der Waals surface area (Å²) in [6.45, 7) is 2.56. The van der Waals surface area contributed by atoms with Crippen molar-refractivity contribution in [3.05, 3.63) is 64.2 Å². The number of hydrogen-bond donors (Lipinski definition) is 1. The van der Waals surface area contributed by atoms with E-state index in [0.29, 0.717) is 18.1 Å². The number of aliphatic hydroxyl groups is 1. The Labute approximate surface area is 130 Å². The number of hydrogen-bond acceptors (Lipinski definition) is 2. The first-order valence-electron chi connectivity index (χ1n) is 6.76. The lowest BCUT2D eigenvalue weighted by Gasteiger charge is -2.09. The first-order valence-corrected chi connectivity index (χ1v) is 7.14. The van der Waals surface area contributed by atoms with Gasteiger partial charge in [-0.15, -0.1) is 0 Å². The fourth-order valence-corrected chi connectivity index (χ4v) is 2.11. The Hall–Kier alpha value is -1.95. The molecule has 108 valence electrons. The molecule has 0 aliphatic heterocycles. The van der Waals surface area contributed by atoms with Gasteiger partial charge in [0.2, 0.25) is 0 Å².